The van der Waals surface area contributed by atoms with Crippen LogP contribution in [0.4, 0.5) is 4.39 Å². The van der Waals surface area contributed by atoms with Crippen molar-refractivity contribution in [2.75, 3.05) is 13.1 Å². The minimum atomic E-state index is -0.612. The van der Waals surface area contributed by atoms with Crippen molar-refractivity contribution >= 4 is 5.78 Å². The summed E-state index contributed by atoms with van der Waals surface area (Å²) in [5.74, 6) is 1.15. The first kappa shape index (κ1) is 15.0. The predicted molar refractivity (Wildman–Crippen MR) is 85.2 cm³/mol. The summed E-state index contributed by atoms with van der Waals surface area (Å²) < 4.78 is 13.0. The Morgan fingerprint density at radius 2 is 1.96 bits per heavy atom. The molecule has 1 saturated carbocycles. The van der Waals surface area contributed by atoms with Gasteiger partial charge in [-0.25, -0.2) is 4.39 Å². The molecule has 0 radical (unpaired) electrons. The van der Waals surface area contributed by atoms with E-state index in [1.165, 1.54) is 12.1 Å². The molecule has 1 saturated heterocycles. The molecule has 2 fully saturated rings. The van der Waals surface area contributed by atoms with Crippen LogP contribution >= 0.6 is 0 Å². The maximum absolute atomic E-state index is 13.0. The van der Waals surface area contributed by atoms with Crippen molar-refractivity contribution in [3.63, 3.8) is 0 Å². The first-order valence-corrected chi connectivity index (χ1v) is 8.53. The third-order valence-electron chi connectivity index (χ3n) is 5.79. The van der Waals surface area contributed by atoms with Gasteiger partial charge in [-0.15, -0.1) is 0 Å². The van der Waals surface area contributed by atoms with Gasteiger partial charge in [0.15, 0.2) is 5.78 Å². The largest absolute Gasteiger partial charge is 0.388 e. The van der Waals surface area contributed by atoms with Crippen molar-refractivity contribution in [2.24, 2.45) is 17.8 Å². The number of carbonyl (C=O) groups excluding carboxylic acids is 1. The van der Waals surface area contributed by atoms with Crippen LogP contribution in [0.2, 0.25) is 0 Å². The fourth-order valence-corrected chi connectivity index (χ4v) is 4.57. The molecular weight excluding hydrogens is 293 g/mol. The van der Waals surface area contributed by atoms with Gasteiger partial charge in [-0.1, -0.05) is 24.3 Å². The van der Waals surface area contributed by atoms with Crippen LogP contribution in [0.5, 0.6) is 0 Å². The van der Waals surface area contributed by atoms with Gasteiger partial charge >= 0.3 is 0 Å². The zero-order valence-electron chi connectivity index (χ0n) is 13.1. The molecule has 1 aromatic rings. The lowest BCUT2D eigenvalue weighted by molar-refractivity contribution is -0.138. The van der Waals surface area contributed by atoms with Crippen LogP contribution in [0.15, 0.2) is 36.4 Å². The molecule has 0 unspecified atom stereocenters. The van der Waals surface area contributed by atoms with Crippen LogP contribution in [0.25, 0.3) is 0 Å². The van der Waals surface area contributed by atoms with E-state index in [-0.39, 0.29) is 17.8 Å². The second-order valence-electron chi connectivity index (χ2n) is 7.08. The van der Waals surface area contributed by atoms with E-state index in [0.29, 0.717) is 30.6 Å². The average Bonchev–Trinajstić information content (AvgIpc) is 2.99. The molecule has 1 N–H and O–H groups in total. The summed E-state index contributed by atoms with van der Waals surface area (Å²) in [4.78, 5) is 14.9. The molecule has 122 valence electrons. The molecule has 4 rings (SSSR count). The Morgan fingerprint density at radius 1 is 1.22 bits per heavy atom. The third kappa shape index (κ3) is 2.64. The molecule has 0 amide bonds. The van der Waals surface area contributed by atoms with Crippen LogP contribution in [0.3, 0.4) is 0 Å². The lowest BCUT2D eigenvalue weighted by Crippen LogP contribution is -2.56. The molecule has 4 bridgehead atoms. The van der Waals surface area contributed by atoms with Crippen molar-refractivity contribution < 1.29 is 14.3 Å². The van der Waals surface area contributed by atoms with Gasteiger partial charge in [-0.2, -0.15) is 0 Å². The smallest absolute Gasteiger partial charge is 0.154 e. The standard InChI is InChI=1S/C19H22FNO2/c20-15-5-3-12(4-6-15)17(22)8-10-21-9-7-16-13-1-2-14(11-13)18(21)19(16)23/h1-6,13-14,16-18,22H,7-11H2/t13-,14+,16+,17+,18-/m0/s1. The molecule has 0 aromatic heterocycles. The summed E-state index contributed by atoms with van der Waals surface area (Å²) >= 11 is 0. The molecule has 3 aliphatic rings. The lowest BCUT2D eigenvalue weighted by atomic mass is 9.70. The zero-order valence-corrected chi connectivity index (χ0v) is 13.1. The Balaban J connectivity index is 1.42. The zero-order chi connectivity index (χ0) is 16.0. The number of nitrogens with zero attached hydrogens (tertiary/aromatic N) is 1. The van der Waals surface area contributed by atoms with Gasteiger partial charge in [-0.05, 0) is 49.4 Å². The highest BCUT2D eigenvalue weighted by Gasteiger charge is 2.49. The van der Waals surface area contributed by atoms with Crippen molar-refractivity contribution in [1.82, 2.24) is 4.90 Å². The molecule has 23 heavy (non-hydrogen) atoms. The molecular formula is C19H22FNO2. The van der Waals surface area contributed by atoms with Gasteiger partial charge in [0.25, 0.3) is 0 Å². The number of rotatable bonds is 4. The van der Waals surface area contributed by atoms with Gasteiger partial charge in [0.05, 0.1) is 12.1 Å². The Hall–Kier alpha value is -1.52. The van der Waals surface area contributed by atoms with Crippen molar-refractivity contribution in [3.8, 4) is 0 Å². The highest BCUT2D eigenvalue weighted by atomic mass is 19.1. The van der Waals surface area contributed by atoms with Gasteiger partial charge in [0, 0.05) is 18.4 Å². The van der Waals surface area contributed by atoms with Crippen LogP contribution in [-0.2, 0) is 4.79 Å². The highest BCUT2D eigenvalue weighted by Crippen LogP contribution is 2.45. The van der Waals surface area contributed by atoms with Crippen molar-refractivity contribution in [3.05, 3.63) is 47.8 Å². The van der Waals surface area contributed by atoms with Crippen LogP contribution in [-0.4, -0.2) is 34.9 Å². The minimum absolute atomic E-state index is 0.00386. The number of piperidine rings is 1. The van der Waals surface area contributed by atoms with E-state index in [1.807, 2.05) is 0 Å². The Kier molecular flexibility index (Phi) is 3.82. The number of allylic oxidation sites excluding steroid dienone is 1. The van der Waals surface area contributed by atoms with E-state index in [4.69, 9.17) is 0 Å². The summed E-state index contributed by atoms with van der Waals surface area (Å²) in [6, 6.07) is 6.00. The molecule has 2 aliphatic carbocycles. The summed E-state index contributed by atoms with van der Waals surface area (Å²) in [5, 5.41) is 10.3. The third-order valence-corrected chi connectivity index (χ3v) is 5.79. The summed E-state index contributed by atoms with van der Waals surface area (Å²) in [6.07, 6.45) is 6.47. The Morgan fingerprint density at radius 3 is 2.74 bits per heavy atom. The second kappa shape index (κ2) is 5.84. The number of halogens is 1. The quantitative estimate of drug-likeness (QED) is 0.869. The van der Waals surface area contributed by atoms with Gasteiger partial charge in [-0.3, -0.25) is 9.69 Å². The SMILES string of the molecule is O=C1[C@@H]2[C@@H]3C=C[C@@H](C3)[C@H]1CCN2CC[C@@H](O)c1ccc(F)cc1. The van der Waals surface area contributed by atoms with Crippen LogP contribution < -0.4 is 0 Å². The lowest BCUT2D eigenvalue weighted by Gasteiger charge is -2.45. The Labute approximate surface area is 135 Å². The van der Waals surface area contributed by atoms with Crippen LogP contribution in [0, 0.1) is 23.6 Å². The number of aliphatic hydroxyl groups excluding tert-OH is 1. The number of benzene rings is 1. The Bertz CT molecular complexity index is 627. The van der Waals surface area contributed by atoms with Crippen molar-refractivity contribution in [2.45, 2.75) is 31.4 Å². The monoisotopic (exact) mass is 315 g/mol. The molecule has 5 atom stereocenters. The van der Waals surface area contributed by atoms with Gasteiger partial charge in [0.1, 0.15) is 5.82 Å². The van der Waals surface area contributed by atoms with E-state index in [1.54, 1.807) is 12.1 Å². The topological polar surface area (TPSA) is 40.5 Å². The molecule has 1 aromatic carbocycles. The summed E-state index contributed by atoms with van der Waals surface area (Å²) in [5.41, 5.74) is 0.733. The fraction of sp³-hybridized carbons (Fsp3) is 0.526. The molecule has 1 aliphatic heterocycles. The number of hydrogen-bond donors (Lipinski definition) is 1. The first-order chi connectivity index (χ1) is 11.1. The normalized spacial score (nSPS) is 33.9. The van der Waals surface area contributed by atoms with E-state index in [9.17, 15) is 14.3 Å². The fourth-order valence-electron chi connectivity index (χ4n) is 4.57. The number of aliphatic hydroxyl groups is 1. The number of hydrogen-bond acceptors (Lipinski definition) is 3. The predicted octanol–water partition coefficient (Wildman–Crippen LogP) is 2.71. The summed E-state index contributed by atoms with van der Waals surface area (Å²) in [7, 11) is 0. The van der Waals surface area contributed by atoms with Gasteiger partial charge < -0.3 is 5.11 Å². The average molecular weight is 315 g/mol. The minimum Gasteiger partial charge on any atom is -0.388 e. The maximum atomic E-state index is 13.0. The number of carbonyl (C=O) groups is 1. The maximum Gasteiger partial charge on any atom is 0.154 e. The van der Waals surface area contributed by atoms with E-state index in [0.717, 1.165) is 24.9 Å². The van der Waals surface area contributed by atoms with E-state index in [2.05, 4.69) is 17.1 Å². The second-order valence-corrected chi connectivity index (χ2v) is 7.08. The number of fused-ring (bicyclic) bond motifs is 6. The first-order valence-electron chi connectivity index (χ1n) is 8.53. The molecule has 1 heterocycles. The van der Waals surface area contributed by atoms with Gasteiger partial charge in [0.2, 0.25) is 0 Å². The van der Waals surface area contributed by atoms with E-state index < -0.39 is 6.10 Å². The van der Waals surface area contributed by atoms with Crippen molar-refractivity contribution in [1.29, 1.82) is 0 Å². The van der Waals surface area contributed by atoms with Crippen LogP contribution in [0.1, 0.15) is 30.9 Å². The molecule has 3 nitrogen and oxygen atoms in total. The number of Topliss-reactive ketones (excluding diaryl/α,β-unsaturated/α-hetero) is 1. The molecule has 4 heteroatoms. The van der Waals surface area contributed by atoms with E-state index >= 15 is 0 Å². The molecule has 0 spiro atoms. The highest BCUT2D eigenvalue weighted by molar-refractivity contribution is 5.89. The summed E-state index contributed by atoms with van der Waals surface area (Å²) in [6.45, 7) is 1.64. The number of ketones is 1. The number of likely N-dealkylation sites (tertiary alicyclic amines) is 1.